The Bertz CT molecular complexity index is 1230. The van der Waals surface area contributed by atoms with E-state index in [9.17, 15) is 23.1 Å². The smallest absolute Gasteiger partial charge is 0.406 e. The van der Waals surface area contributed by atoms with E-state index < -0.39 is 6.36 Å². The van der Waals surface area contributed by atoms with Crippen molar-refractivity contribution in [2.75, 3.05) is 19.7 Å². The Morgan fingerprint density at radius 3 is 2.54 bits per heavy atom. The molecule has 0 unspecified atom stereocenters. The van der Waals surface area contributed by atoms with Crippen LogP contribution in [0.2, 0.25) is 0 Å². The number of aliphatic hydroxyl groups is 1. The lowest BCUT2D eigenvalue weighted by Gasteiger charge is -2.33. The Morgan fingerprint density at radius 2 is 1.89 bits per heavy atom. The maximum absolute atomic E-state index is 15.1. The Labute approximate surface area is 198 Å². The zero-order chi connectivity index (χ0) is 24.7. The van der Waals surface area contributed by atoms with E-state index in [0.29, 0.717) is 43.6 Å². The highest BCUT2D eigenvalue weighted by molar-refractivity contribution is 5.94. The fraction of sp³-hybridized carbons (Fsp3) is 0.440. The van der Waals surface area contributed by atoms with Gasteiger partial charge in [-0.25, -0.2) is 9.37 Å². The normalized spacial score (nSPS) is 19.1. The van der Waals surface area contributed by atoms with Crippen molar-refractivity contribution in [3.05, 3.63) is 58.7 Å². The Hall–Kier alpha value is -3.14. The Kier molecular flexibility index (Phi) is 6.16. The van der Waals surface area contributed by atoms with Gasteiger partial charge in [0.2, 0.25) is 0 Å². The molecule has 10 heteroatoms. The van der Waals surface area contributed by atoms with Gasteiger partial charge in [-0.3, -0.25) is 4.79 Å². The standard InChI is InChI=1S/C25H25F4N3O3/c26-19-12-30-23-22(18-11-14(13-33)1-6-20(18)31-23)21(19)15-7-9-32(10-8-15)24(34)16-2-4-17(5-3-16)35-25(27,28)29/h2-5,12,14-15,33H,1,6-11,13H2,(H,30,31)/t14-/m0/s1. The molecule has 2 aliphatic rings. The first-order valence-electron chi connectivity index (χ1n) is 11.7. The van der Waals surface area contributed by atoms with Gasteiger partial charge in [0, 0.05) is 41.9 Å². The maximum atomic E-state index is 15.1. The lowest BCUT2D eigenvalue weighted by atomic mass is 9.82. The number of benzene rings is 1. The Morgan fingerprint density at radius 1 is 1.17 bits per heavy atom. The third-order valence-corrected chi connectivity index (χ3v) is 7.08. The van der Waals surface area contributed by atoms with Crippen LogP contribution in [0.4, 0.5) is 17.6 Å². The van der Waals surface area contributed by atoms with E-state index in [1.54, 1.807) is 4.90 Å². The number of hydrogen-bond acceptors (Lipinski definition) is 4. The number of H-pyrrole nitrogens is 1. The lowest BCUT2D eigenvalue weighted by molar-refractivity contribution is -0.274. The van der Waals surface area contributed by atoms with Crippen molar-refractivity contribution in [1.82, 2.24) is 14.9 Å². The SMILES string of the molecule is O=C(c1ccc(OC(F)(F)F)cc1)N1CCC(c2c(F)cnc3[nH]c4c(c23)C[C@@H](CO)CC4)CC1. The molecule has 1 aliphatic heterocycles. The summed E-state index contributed by atoms with van der Waals surface area (Å²) in [5.74, 6) is -0.989. The molecule has 1 fully saturated rings. The summed E-state index contributed by atoms with van der Waals surface area (Å²) in [6.07, 6.45) is -0.101. The van der Waals surface area contributed by atoms with Gasteiger partial charge in [-0.2, -0.15) is 0 Å². The number of aryl methyl sites for hydroxylation is 1. The first kappa shape index (κ1) is 23.6. The summed E-state index contributed by atoms with van der Waals surface area (Å²) in [4.78, 5) is 22.1. The summed E-state index contributed by atoms with van der Waals surface area (Å²) in [5.41, 5.74) is 3.63. The molecular weight excluding hydrogens is 466 g/mol. The summed E-state index contributed by atoms with van der Waals surface area (Å²) < 4.78 is 56.1. The van der Waals surface area contributed by atoms with Crippen LogP contribution >= 0.6 is 0 Å². The van der Waals surface area contributed by atoms with E-state index in [1.165, 1.54) is 18.3 Å². The number of aromatic amines is 1. The lowest BCUT2D eigenvalue weighted by Crippen LogP contribution is -2.38. The molecule has 186 valence electrons. The predicted molar refractivity (Wildman–Crippen MR) is 120 cm³/mol. The minimum atomic E-state index is -4.79. The largest absolute Gasteiger partial charge is 0.573 e. The van der Waals surface area contributed by atoms with Gasteiger partial charge < -0.3 is 19.7 Å². The number of carbonyl (C=O) groups excluding carboxylic acids is 1. The fourth-order valence-corrected chi connectivity index (χ4v) is 5.36. The van der Waals surface area contributed by atoms with Crippen LogP contribution in [0.3, 0.4) is 0 Å². The topological polar surface area (TPSA) is 78.5 Å². The summed E-state index contributed by atoms with van der Waals surface area (Å²) in [7, 11) is 0. The molecule has 1 saturated heterocycles. The molecule has 35 heavy (non-hydrogen) atoms. The van der Waals surface area contributed by atoms with Crippen molar-refractivity contribution in [2.45, 2.75) is 44.4 Å². The number of hydrogen-bond donors (Lipinski definition) is 2. The van der Waals surface area contributed by atoms with Gasteiger partial charge in [-0.05, 0) is 73.8 Å². The zero-order valence-corrected chi connectivity index (χ0v) is 18.9. The summed E-state index contributed by atoms with van der Waals surface area (Å²) in [5, 5.41) is 10.5. The number of rotatable bonds is 4. The first-order valence-corrected chi connectivity index (χ1v) is 11.7. The third kappa shape index (κ3) is 4.71. The van der Waals surface area contributed by atoms with Gasteiger partial charge in [0.15, 0.2) is 0 Å². The number of alkyl halides is 3. The average molecular weight is 491 g/mol. The average Bonchev–Trinajstić information content (AvgIpc) is 3.21. The monoisotopic (exact) mass is 491 g/mol. The second-order valence-corrected chi connectivity index (χ2v) is 9.26. The van der Waals surface area contributed by atoms with Gasteiger partial charge in [-0.15, -0.1) is 13.2 Å². The molecule has 2 N–H and O–H groups in total. The zero-order valence-electron chi connectivity index (χ0n) is 18.9. The third-order valence-electron chi connectivity index (χ3n) is 7.08. The number of aliphatic hydroxyl groups excluding tert-OH is 1. The number of amides is 1. The fourth-order valence-electron chi connectivity index (χ4n) is 5.36. The van der Waals surface area contributed by atoms with Crippen LogP contribution in [0.15, 0.2) is 30.5 Å². The molecule has 1 aromatic carbocycles. The van der Waals surface area contributed by atoms with Gasteiger partial charge >= 0.3 is 6.36 Å². The Balaban J connectivity index is 1.33. The van der Waals surface area contributed by atoms with Crippen molar-refractivity contribution in [1.29, 1.82) is 0 Å². The highest BCUT2D eigenvalue weighted by Crippen LogP contribution is 2.40. The molecule has 5 rings (SSSR count). The molecule has 1 amide bonds. The van der Waals surface area contributed by atoms with E-state index in [-0.39, 0.29) is 41.5 Å². The molecule has 2 aromatic heterocycles. The summed E-state index contributed by atoms with van der Waals surface area (Å²) in [6, 6.07) is 4.85. The van der Waals surface area contributed by atoms with Crippen molar-refractivity contribution < 1.29 is 32.2 Å². The molecule has 0 spiro atoms. The minimum Gasteiger partial charge on any atom is -0.406 e. The van der Waals surface area contributed by atoms with Crippen LogP contribution in [0.25, 0.3) is 11.0 Å². The molecule has 1 aliphatic carbocycles. The number of nitrogens with one attached hydrogen (secondary N) is 1. The number of halogens is 4. The molecule has 0 bridgehead atoms. The number of carbonyl (C=O) groups is 1. The van der Waals surface area contributed by atoms with Gasteiger partial charge in [0.05, 0.1) is 6.20 Å². The van der Waals surface area contributed by atoms with Crippen molar-refractivity contribution >= 4 is 16.9 Å². The summed E-state index contributed by atoms with van der Waals surface area (Å²) >= 11 is 0. The second kappa shape index (κ2) is 9.14. The van der Waals surface area contributed by atoms with Gasteiger partial charge in [0.1, 0.15) is 17.2 Å². The molecule has 0 radical (unpaired) electrons. The number of fused-ring (bicyclic) bond motifs is 3. The highest BCUT2D eigenvalue weighted by Gasteiger charge is 2.33. The maximum Gasteiger partial charge on any atom is 0.573 e. The quantitative estimate of drug-likeness (QED) is 0.518. The van der Waals surface area contributed by atoms with Crippen molar-refractivity contribution in [2.24, 2.45) is 5.92 Å². The van der Waals surface area contributed by atoms with Crippen LogP contribution in [0.5, 0.6) is 5.75 Å². The number of pyridine rings is 1. The molecule has 6 nitrogen and oxygen atoms in total. The molecular formula is C25H25F4N3O3. The van der Waals surface area contributed by atoms with Crippen LogP contribution in [0.1, 0.15) is 52.4 Å². The molecule has 3 heterocycles. The van der Waals surface area contributed by atoms with Gasteiger partial charge in [0.25, 0.3) is 5.91 Å². The van der Waals surface area contributed by atoms with Gasteiger partial charge in [-0.1, -0.05) is 0 Å². The second-order valence-electron chi connectivity index (χ2n) is 9.26. The van der Waals surface area contributed by atoms with Crippen LogP contribution in [0, 0.1) is 11.7 Å². The molecule has 0 saturated carbocycles. The number of piperidine rings is 1. The van der Waals surface area contributed by atoms with E-state index >= 15 is 4.39 Å². The van der Waals surface area contributed by atoms with E-state index in [4.69, 9.17) is 0 Å². The van der Waals surface area contributed by atoms with Crippen LogP contribution in [-0.4, -0.2) is 51.9 Å². The van der Waals surface area contributed by atoms with Crippen LogP contribution in [-0.2, 0) is 12.8 Å². The predicted octanol–water partition coefficient (Wildman–Crippen LogP) is 4.72. The molecule has 3 aromatic rings. The summed E-state index contributed by atoms with van der Waals surface area (Å²) in [6.45, 7) is 0.896. The van der Waals surface area contributed by atoms with Crippen molar-refractivity contribution in [3.63, 3.8) is 0 Å². The number of aromatic nitrogens is 2. The first-order chi connectivity index (χ1) is 16.7. The van der Waals surface area contributed by atoms with E-state index in [1.807, 2.05) is 0 Å². The number of nitrogens with zero attached hydrogens (tertiary/aromatic N) is 2. The highest BCUT2D eigenvalue weighted by atomic mass is 19.4. The number of ether oxygens (including phenoxy) is 1. The molecule has 1 atom stereocenters. The number of likely N-dealkylation sites (tertiary alicyclic amines) is 1. The van der Waals surface area contributed by atoms with E-state index in [2.05, 4.69) is 14.7 Å². The minimum absolute atomic E-state index is 0.0913. The van der Waals surface area contributed by atoms with Crippen molar-refractivity contribution in [3.8, 4) is 5.75 Å². The van der Waals surface area contributed by atoms with Crippen LogP contribution < -0.4 is 4.74 Å². The van der Waals surface area contributed by atoms with E-state index in [0.717, 1.165) is 41.6 Å².